The Morgan fingerprint density at radius 3 is 2.59 bits per heavy atom. The molecule has 0 spiro atoms. The molecule has 1 N–H and O–H groups in total. The fourth-order valence-electron chi connectivity index (χ4n) is 3.05. The lowest BCUT2D eigenvalue weighted by atomic mass is 10.2. The third-order valence-corrected chi connectivity index (χ3v) is 5.72. The van der Waals surface area contributed by atoms with Gasteiger partial charge in [-0.05, 0) is 42.5 Å². The third kappa shape index (κ3) is 4.27. The molecule has 0 atom stereocenters. The van der Waals surface area contributed by atoms with Crippen LogP contribution in [0.15, 0.2) is 83.9 Å². The van der Waals surface area contributed by atoms with Crippen LogP contribution in [0.5, 0.6) is 11.6 Å². The van der Waals surface area contributed by atoms with E-state index in [1.165, 1.54) is 0 Å². The van der Waals surface area contributed by atoms with Crippen LogP contribution in [0.25, 0.3) is 16.8 Å². The number of benzene rings is 2. The lowest BCUT2D eigenvalue weighted by molar-refractivity contribution is 0.448. The van der Waals surface area contributed by atoms with Gasteiger partial charge < -0.3 is 9.26 Å². The highest BCUT2D eigenvalue weighted by atomic mass is 32.2. The number of anilines is 1. The largest absolute Gasteiger partial charge is 0.438 e. The topological polar surface area (TPSA) is 125 Å². The van der Waals surface area contributed by atoms with Crippen LogP contribution >= 0.6 is 0 Å². The number of hydrogen-bond donors (Lipinski definition) is 1. The zero-order chi connectivity index (χ0) is 22.0. The van der Waals surface area contributed by atoms with E-state index in [1.807, 2.05) is 0 Å². The van der Waals surface area contributed by atoms with Crippen LogP contribution in [0.4, 0.5) is 5.69 Å². The monoisotopic (exact) mass is 448 g/mol. The van der Waals surface area contributed by atoms with Gasteiger partial charge in [-0.3, -0.25) is 9.29 Å². The Labute approximate surface area is 182 Å². The first kappa shape index (κ1) is 19.7. The van der Waals surface area contributed by atoms with E-state index in [2.05, 4.69) is 25.1 Å². The molecule has 5 rings (SSSR count). The highest BCUT2D eigenvalue weighted by molar-refractivity contribution is 7.91. The maximum atomic E-state index is 12.6. The number of imidazole rings is 1. The van der Waals surface area contributed by atoms with Gasteiger partial charge >= 0.3 is 0 Å². The summed E-state index contributed by atoms with van der Waals surface area (Å²) in [4.78, 5) is 3.96. The number of para-hydroxylation sites is 1. The minimum absolute atomic E-state index is 0.304. The van der Waals surface area contributed by atoms with Crippen LogP contribution in [0.3, 0.4) is 0 Å². The molecule has 0 fully saturated rings. The van der Waals surface area contributed by atoms with Crippen molar-refractivity contribution in [1.82, 2.24) is 24.9 Å². The first-order valence-electron chi connectivity index (χ1n) is 9.49. The van der Waals surface area contributed by atoms with E-state index >= 15 is 0 Å². The third-order valence-electron chi connectivity index (χ3n) is 4.52. The Morgan fingerprint density at radius 2 is 1.84 bits per heavy atom. The van der Waals surface area contributed by atoms with Gasteiger partial charge in [0.1, 0.15) is 23.5 Å². The summed E-state index contributed by atoms with van der Waals surface area (Å²) in [5, 5.41) is 12.7. The van der Waals surface area contributed by atoms with Gasteiger partial charge in [-0.2, -0.15) is 0 Å². The minimum atomic E-state index is -3.69. The van der Waals surface area contributed by atoms with Gasteiger partial charge in [-0.15, -0.1) is 10.2 Å². The summed E-state index contributed by atoms with van der Waals surface area (Å²) in [6, 6.07) is 17.0. The summed E-state index contributed by atoms with van der Waals surface area (Å²) in [7, 11) is -3.69. The number of hydrogen-bond acceptors (Lipinski definition) is 8. The van der Waals surface area contributed by atoms with Crippen LogP contribution in [0.1, 0.15) is 5.69 Å². The number of nitrogens with zero attached hydrogens (tertiary/aromatic N) is 5. The normalized spacial score (nSPS) is 11.5. The molecule has 3 aromatic heterocycles. The highest BCUT2D eigenvalue weighted by Crippen LogP contribution is 2.24. The van der Waals surface area contributed by atoms with E-state index in [9.17, 15) is 8.42 Å². The number of fused-ring (bicyclic) bond motifs is 1. The Kier molecular flexibility index (Phi) is 5.00. The Morgan fingerprint density at radius 1 is 1.00 bits per heavy atom. The maximum Gasteiger partial charge on any atom is 0.238 e. The number of rotatable bonds is 7. The zero-order valence-electron chi connectivity index (χ0n) is 16.5. The molecule has 0 radical (unpaired) electrons. The quantitative estimate of drug-likeness (QED) is 0.401. The fourth-order valence-corrected chi connectivity index (χ4v) is 4.18. The molecule has 11 heteroatoms. The number of ether oxygens (including phenoxy) is 1. The maximum absolute atomic E-state index is 12.6. The van der Waals surface area contributed by atoms with Gasteiger partial charge in [0, 0.05) is 29.5 Å². The van der Waals surface area contributed by atoms with Crippen molar-refractivity contribution in [3.05, 3.63) is 85.1 Å². The molecule has 0 aliphatic carbocycles. The van der Waals surface area contributed by atoms with Crippen LogP contribution in [-0.2, 0) is 15.8 Å². The summed E-state index contributed by atoms with van der Waals surface area (Å²) in [5.74, 6) is 1.10. The van der Waals surface area contributed by atoms with Gasteiger partial charge in [0.05, 0.1) is 0 Å². The first-order valence-corrected chi connectivity index (χ1v) is 11.1. The minimum Gasteiger partial charge on any atom is -0.438 e. The van der Waals surface area contributed by atoms with E-state index in [0.717, 1.165) is 0 Å². The molecule has 0 aliphatic rings. The van der Waals surface area contributed by atoms with E-state index in [0.29, 0.717) is 39.8 Å². The molecular formula is C21H16N6O4S. The van der Waals surface area contributed by atoms with Gasteiger partial charge in [0.25, 0.3) is 0 Å². The van der Waals surface area contributed by atoms with Crippen LogP contribution in [0.2, 0.25) is 0 Å². The summed E-state index contributed by atoms with van der Waals surface area (Å²) in [6.45, 7) is 0. The molecule has 10 nitrogen and oxygen atoms in total. The molecule has 0 aliphatic heterocycles. The summed E-state index contributed by atoms with van der Waals surface area (Å²) in [6.07, 6.45) is 5.03. The van der Waals surface area contributed by atoms with Crippen molar-refractivity contribution in [3.8, 4) is 17.4 Å². The van der Waals surface area contributed by atoms with E-state index in [-0.39, 0.29) is 5.75 Å². The van der Waals surface area contributed by atoms with Gasteiger partial charge in [-0.25, -0.2) is 13.4 Å². The van der Waals surface area contributed by atoms with Crippen molar-refractivity contribution in [2.45, 2.75) is 5.75 Å². The highest BCUT2D eigenvalue weighted by Gasteiger charge is 2.17. The lowest BCUT2D eigenvalue weighted by Gasteiger charge is -2.09. The predicted molar refractivity (Wildman–Crippen MR) is 116 cm³/mol. The molecule has 160 valence electrons. The summed E-state index contributed by atoms with van der Waals surface area (Å²) in [5.41, 5.74) is 1.29. The van der Waals surface area contributed by atoms with Gasteiger partial charge in [0.2, 0.25) is 15.9 Å². The number of aromatic nitrogens is 5. The predicted octanol–water partition coefficient (Wildman–Crippen LogP) is 3.54. The molecular weight excluding hydrogens is 432 g/mol. The van der Waals surface area contributed by atoms with Crippen molar-refractivity contribution in [1.29, 1.82) is 0 Å². The Bertz CT molecular complexity index is 1450. The van der Waals surface area contributed by atoms with Crippen molar-refractivity contribution < 1.29 is 17.7 Å². The summed E-state index contributed by atoms with van der Waals surface area (Å²) < 4.78 is 40.2. The second-order valence-electron chi connectivity index (χ2n) is 6.81. The van der Waals surface area contributed by atoms with E-state index in [1.54, 1.807) is 84.0 Å². The number of nitrogens with one attached hydrogen (secondary N) is 1. The van der Waals surface area contributed by atoms with E-state index in [4.69, 9.17) is 9.26 Å². The molecule has 5 aromatic rings. The molecule has 3 heterocycles. The van der Waals surface area contributed by atoms with Gasteiger partial charge in [0.15, 0.2) is 11.4 Å². The Hall–Kier alpha value is -4.25. The van der Waals surface area contributed by atoms with Crippen LogP contribution < -0.4 is 9.46 Å². The summed E-state index contributed by atoms with van der Waals surface area (Å²) >= 11 is 0. The van der Waals surface area contributed by atoms with Crippen molar-refractivity contribution in [3.63, 3.8) is 0 Å². The molecule has 0 saturated carbocycles. The SMILES string of the molecule is O=S(=O)(Cc1noc2ccccc12)Nc1ccc(Oc2ccc(-n3ccnc3)nn2)cc1. The molecule has 0 amide bonds. The molecule has 2 aromatic carbocycles. The zero-order valence-corrected chi connectivity index (χ0v) is 17.3. The van der Waals surface area contributed by atoms with E-state index < -0.39 is 10.0 Å². The van der Waals surface area contributed by atoms with Crippen LogP contribution in [0, 0.1) is 0 Å². The second kappa shape index (κ2) is 8.12. The smallest absolute Gasteiger partial charge is 0.238 e. The first-order chi connectivity index (χ1) is 15.6. The molecule has 32 heavy (non-hydrogen) atoms. The molecule has 0 bridgehead atoms. The molecule has 0 unspecified atom stereocenters. The Balaban J connectivity index is 1.24. The lowest BCUT2D eigenvalue weighted by Crippen LogP contribution is -2.15. The van der Waals surface area contributed by atoms with Gasteiger partial charge in [-0.1, -0.05) is 17.3 Å². The fraction of sp³-hybridized carbons (Fsp3) is 0.0476. The average molecular weight is 448 g/mol. The van der Waals surface area contributed by atoms with Crippen LogP contribution in [-0.4, -0.2) is 33.3 Å². The average Bonchev–Trinajstić information content (AvgIpc) is 3.46. The second-order valence-corrected chi connectivity index (χ2v) is 8.54. The van der Waals surface area contributed by atoms with Crippen molar-refractivity contribution >= 4 is 26.7 Å². The number of sulfonamides is 1. The standard InChI is InChI=1S/C21H16N6O4S/c28-32(29,13-18-17-3-1-2-4-19(17)31-25-18)26-15-5-7-16(8-6-15)30-21-10-9-20(23-24-21)27-12-11-22-14-27/h1-12,14,26H,13H2. The van der Waals surface area contributed by atoms with Crippen molar-refractivity contribution in [2.75, 3.05) is 4.72 Å². The molecule has 0 saturated heterocycles. The van der Waals surface area contributed by atoms with Crippen molar-refractivity contribution in [2.24, 2.45) is 0 Å².